The lowest BCUT2D eigenvalue weighted by molar-refractivity contribution is 0.102. The largest absolute Gasteiger partial charge is 0.354 e. The number of nitrogens with one attached hydrogen (secondary N) is 2. The van der Waals surface area contributed by atoms with Crippen LogP contribution in [-0.2, 0) is 0 Å². The third-order valence-electron chi connectivity index (χ3n) is 3.15. The summed E-state index contributed by atoms with van der Waals surface area (Å²) < 4.78 is 13.6. The summed E-state index contributed by atoms with van der Waals surface area (Å²) in [7, 11) is 0. The smallest absolute Gasteiger partial charge is 0.274 e. The maximum atomic E-state index is 13.6. The van der Waals surface area contributed by atoms with E-state index >= 15 is 0 Å². The molecule has 0 atom stereocenters. The van der Waals surface area contributed by atoms with E-state index in [0.717, 1.165) is 0 Å². The molecule has 1 aromatic heterocycles. The maximum Gasteiger partial charge on any atom is 0.274 e. The molecular formula is C17H12ClFN4O. The van der Waals surface area contributed by atoms with E-state index in [9.17, 15) is 9.18 Å². The molecule has 0 aliphatic carbocycles. The Labute approximate surface area is 142 Å². The Balaban J connectivity index is 1.87. The van der Waals surface area contributed by atoms with Crippen molar-refractivity contribution in [2.24, 2.45) is 0 Å². The molecule has 0 saturated carbocycles. The molecule has 0 fully saturated rings. The standard InChI is InChI=1S/C17H12ClFN4O/c18-11-2-1-3-13(8-11)22-16-9-12(19)4-5-14(16)23-17(24)15-6-7-20-10-21-15/h1-10,22H,(H,23,24). The molecule has 120 valence electrons. The van der Waals surface area contributed by atoms with E-state index in [4.69, 9.17) is 11.6 Å². The second-order valence-electron chi connectivity index (χ2n) is 4.87. The molecule has 1 amide bonds. The molecule has 24 heavy (non-hydrogen) atoms. The van der Waals surface area contributed by atoms with Crippen LogP contribution >= 0.6 is 11.6 Å². The molecule has 5 nitrogen and oxygen atoms in total. The van der Waals surface area contributed by atoms with Gasteiger partial charge in [0.05, 0.1) is 11.4 Å². The third kappa shape index (κ3) is 3.85. The van der Waals surface area contributed by atoms with Crippen LogP contribution in [0, 0.1) is 5.82 Å². The lowest BCUT2D eigenvalue weighted by Gasteiger charge is -2.13. The predicted octanol–water partition coefficient (Wildman–Crippen LogP) is 4.27. The van der Waals surface area contributed by atoms with Gasteiger partial charge in [0, 0.05) is 16.9 Å². The number of amides is 1. The SMILES string of the molecule is O=C(Nc1ccc(F)cc1Nc1cccc(Cl)c1)c1ccncn1. The van der Waals surface area contributed by atoms with E-state index in [2.05, 4.69) is 20.6 Å². The van der Waals surface area contributed by atoms with Gasteiger partial charge in [-0.05, 0) is 42.5 Å². The number of nitrogens with zero attached hydrogens (tertiary/aromatic N) is 2. The first-order valence-corrected chi connectivity index (χ1v) is 7.39. The summed E-state index contributed by atoms with van der Waals surface area (Å²) in [5, 5.41) is 6.28. The van der Waals surface area contributed by atoms with Crippen molar-refractivity contribution in [2.45, 2.75) is 0 Å². The Hall–Kier alpha value is -2.99. The van der Waals surface area contributed by atoms with Crippen LogP contribution < -0.4 is 10.6 Å². The Morgan fingerprint density at radius 1 is 1.08 bits per heavy atom. The normalized spacial score (nSPS) is 10.2. The van der Waals surface area contributed by atoms with Gasteiger partial charge in [0.2, 0.25) is 0 Å². The average molecular weight is 343 g/mol. The van der Waals surface area contributed by atoms with Crippen molar-refractivity contribution in [2.75, 3.05) is 10.6 Å². The second-order valence-corrected chi connectivity index (χ2v) is 5.31. The fourth-order valence-corrected chi connectivity index (χ4v) is 2.25. The minimum Gasteiger partial charge on any atom is -0.354 e. The highest BCUT2D eigenvalue weighted by molar-refractivity contribution is 6.30. The molecule has 0 unspecified atom stereocenters. The van der Waals surface area contributed by atoms with Crippen molar-refractivity contribution in [1.82, 2.24) is 9.97 Å². The molecule has 2 aromatic carbocycles. The molecule has 2 N–H and O–H groups in total. The molecule has 1 heterocycles. The third-order valence-corrected chi connectivity index (χ3v) is 3.38. The van der Waals surface area contributed by atoms with Gasteiger partial charge in [-0.15, -0.1) is 0 Å². The lowest BCUT2D eigenvalue weighted by Crippen LogP contribution is -2.14. The van der Waals surface area contributed by atoms with Crippen molar-refractivity contribution < 1.29 is 9.18 Å². The van der Waals surface area contributed by atoms with E-state index in [0.29, 0.717) is 22.1 Å². The number of anilines is 3. The summed E-state index contributed by atoms with van der Waals surface area (Å²) in [6, 6.07) is 12.5. The summed E-state index contributed by atoms with van der Waals surface area (Å²) >= 11 is 5.95. The molecule has 3 aromatic rings. The Morgan fingerprint density at radius 3 is 2.71 bits per heavy atom. The number of benzene rings is 2. The monoisotopic (exact) mass is 342 g/mol. The number of halogens is 2. The van der Waals surface area contributed by atoms with Gasteiger partial charge in [-0.2, -0.15) is 0 Å². The van der Waals surface area contributed by atoms with Gasteiger partial charge < -0.3 is 10.6 Å². The molecular weight excluding hydrogens is 331 g/mol. The quantitative estimate of drug-likeness (QED) is 0.743. The number of hydrogen-bond donors (Lipinski definition) is 2. The van der Waals surface area contributed by atoms with Gasteiger partial charge in [0.1, 0.15) is 17.8 Å². The number of aromatic nitrogens is 2. The summed E-state index contributed by atoms with van der Waals surface area (Å²) in [5.41, 5.74) is 1.70. The first-order valence-electron chi connectivity index (χ1n) is 7.01. The lowest BCUT2D eigenvalue weighted by atomic mass is 10.2. The van der Waals surface area contributed by atoms with E-state index in [1.807, 2.05) is 0 Å². The highest BCUT2D eigenvalue weighted by Gasteiger charge is 2.11. The van der Waals surface area contributed by atoms with Crippen molar-refractivity contribution in [1.29, 1.82) is 0 Å². The molecule has 7 heteroatoms. The summed E-state index contributed by atoms with van der Waals surface area (Å²) in [4.78, 5) is 19.9. The highest BCUT2D eigenvalue weighted by Crippen LogP contribution is 2.28. The average Bonchev–Trinajstić information content (AvgIpc) is 2.58. The number of hydrogen-bond acceptors (Lipinski definition) is 4. The Bertz CT molecular complexity index is 873. The fourth-order valence-electron chi connectivity index (χ4n) is 2.06. The van der Waals surface area contributed by atoms with E-state index < -0.39 is 11.7 Å². The topological polar surface area (TPSA) is 66.9 Å². The van der Waals surface area contributed by atoms with Crippen molar-refractivity contribution in [3.05, 3.63) is 77.6 Å². The first-order chi connectivity index (χ1) is 11.6. The summed E-state index contributed by atoms with van der Waals surface area (Å²) in [5.74, 6) is -0.849. The predicted molar refractivity (Wildman–Crippen MR) is 91.1 cm³/mol. The van der Waals surface area contributed by atoms with E-state index in [1.54, 1.807) is 24.3 Å². The van der Waals surface area contributed by atoms with Crippen LogP contribution in [0.2, 0.25) is 5.02 Å². The zero-order chi connectivity index (χ0) is 16.9. The molecule has 0 radical (unpaired) electrons. The Kier molecular flexibility index (Phi) is 4.67. The van der Waals surface area contributed by atoms with Gasteiger partial charge in [-0.3, -0.25) is 4.79 Å². The Morgan fingerprint density at radius 2 is 1.96 bits per heavy atom. The van der Waals surface area contributed by atoms with Crippen LogP contribution in [0.3, 0.4) is 0 Å². The van der Waals surface area contributed by atoms with E-state index in [1.165, 1.54) is 36.8 Å². The van der Waals surface area contributed by atoms with E-state index in [-0.39, 0.29) is 5.69 Å². The minimum atomic E-state index is -0.431. The number of carbonyl (C=O) groups is 1. The van der Waals surface area contributed by atoms with Gasteiger partial charge in [0.25, 0.3) is 5.91 Å². The van der Waals surface area contributed by atoms with Crippen LogP contribution in [0.25, 0.3) is 0 Å². The number of rotatable bonds is 4. The zero-order valence-electron chi connectivity index (χ0n) is 12.3. The molecule has 0 aliphatic heterocycles. The fraction of sp³-hybridized carbons (Fsp3) is 0. The minimum absolute atomic E-state index is 0.211. The summed E-state index contributed by atoms with van der Waals surface area (Å²) in [6.07, 6.45) is 2.75. The van der Waals surface area contributed by atoms with Crippen LogP contribution in [-0.4, -0.2) is 15.9 Å². The molecule has 0 bridgehead atoms. The number of carbonyl (C=O) groups excluding carboxylic acids is 1. The van der Waals surface area contributed by atoms with Gasteiger partial charge in [0.15, 0.2) is 0 Å². The van der Waals surface area contributed by atoms with Crippen LogP contribution in [0.15, 0.2) is 61.1 Å². The summed E-state index contributed by atoms with van der Waals surface area (Å²) in [6.45, 7) is 0. The van der Waals surface area contributed by atoms with Crippen molar-refractivity contribution in [3.63, 3.8) is 0 Å². The molecule has 0 spiro atoms. The molecule has 3 rings (SSSR count). The van der Waals surface area contributed by atoms with Crippen LogP contribution in [0.5, 0.6) is 0 Å². The first kappa shape index (κ1) is 15.9. The zero-order valence-corrected chi connectivity index (χ0v) is 13.1. The molecule has 0 aliphatic rings. The molecule has 0 saturated heterocycles. The second kappa shape index (κ2) is 7.06. The van der Waals surface area contributed by atoms with Gasteiger partial charge in [-0.25, -0.2) is 14.4 Å². The maximum absolute atomic E-state index is 13.6. The van der Waals surface area contributed by atoms with Crippen LogP contribution in [0.1, 0.15) is 10.5 Å². The van der Waals surface area contributed by atoms with Gasteiger partial charge in [-0.1, -0.05) is 17.7 Å². The van der Waals surface area contributed by atoms with Crippen LogP contribution in [0.4, 0.5) is 21.5 Å². The highest BCUT2D eigenvalue weighted by atomic mass is 35.5. The van der Waals surface area contributed by atoms with Crippen molar-refractivity contribution >= 4 is 34.6 Å². The van der Waals surface area contributed by atoms with Crippen molar-refractivity contribution in [3.8, 4) is 0 Å². The van der Waals surface area contributed by atoms with Gasteiger partial charge >= 0.3 is 0 Å².